The summed E-state index contributed by atoms with van der Waals surface area (Å²) in [6, 6.07) is 3.23. The minimum atomic E-state index is -5.57. The summed E-state index contributed by atoms with van der Waals surface area (Å²) < 4.78 is 174. The van der Waals surface area contributed by atoms with E-state index in [0.29, 0.717) is 5.75 Å². The summed E-state index contributed by atoms with van der Waals surface area (Å²) in [5, 5.41) is 17.5. The number of hydrazone groups is 1. The first-order valence-electron chi connectivity index (χ1n) is 13.0. The lowest BCUT2D eigenvalue weighted by molar-refractivity contribution is -0.147. The number of benzene rings is 3. The summed E-state index contributed by atoms with van der Waals surface area (Å²) in [5.41, 5.74) is -14.6. The summed E-state index contributed by atoms with van der Waals surface area (Å²) in [7, 11) is 1.37. The van der Waals surface area contributed by atoms with Gasteiger partial charge in [0.1, 0.15) is 17.2 Å². The molecule has 2 aliphatic heterocycles. The Hall–Kier alpha value is -4.15. The number of hydrogen-bond acceptors (Lipinski definition) is 5. The monoisotopic (exact) mass is 669 g/mol. The van der Waals surface area contributed by atoms with Crippen molar-refractivity contribution in [2.24, 2.45) is 5.10 Å². The van der Waals surface area contributed by atoms with Crippen LogP contribution in [0.2, 0.25) is 0 Å². The van der Waals surface area contributed by atoms with Crippen molar-refractivity contribution in [1.29, 1.82) is 0 Å². The van der Waals surface area contributed by atoms with Crippen LogP contribution in [0, 0.1) is 6.67 Å². The molecular weight excluding hydrogens is 650 g/mol. The van der Waals surface area contributed by atoms with Crippen LogP contribution in [0.25, 0.3) is 0 Å². The molecule has 0 aromatic heterocycles. The van der Waals surface area contributed by atoms with E-state index in [2.05, 4.69) is 11.8 Å². The number of anilines is 1. The van der Waals surface area contributed by atoms with Gasteiger partial charge >= 0.3 is 24.7 Å². The van der Waals surface area contributed by atoms with Crippen molar-refractivity contribution in [3.63, 3.8) is 0 Å². The summed E-state index contributed by atoms with van der Waals surface area (Å²) in [5.74, 6) is 0.317. The molecule has 0 bridgehead atoms. The molecular formula is C29H19F12N3O2. The van der Waals surface area contributed by atoms with Gasteiger partial charge in [0.2, 0.25) is 6.67 Å². The van der Waals surface area contributed by atoms with Gasteiger partial charge in [0.05, 0.1) is 41.1 Å². The molecule has 2 heterocycles. The third-order valence-corrected chi connectivity index (χ3v) is 7.57. The Morgan fingerprint density at radius 1 is 0.696 bits per heavy atom. The van der Waals surface area contributed by atoms with Gasteiger partial charge in [-0.15, -0.1) is 0 Å². The fourth-order valence-corrected chi connectivity index (χ4v) is 5.47. The second kappa shape index (κ2) is 11.0. The highest BCUT2D eigenvalue weighted by molar-refractivity contribution is 5.89. The molecule has 17 heteroatoms. The lowest BCUT2D eigenvalue weighted by atomic mass is 9.74. The van der Waals surface area contributed by atoms with E-state index in [-0.39, 0.29) is 54.3 Å². The minimum absolute atomic E-state index is 0.00456. The molecule has 1 N–H and O–H groups in total. The maximum Gasteiger partial charge on any atom is 0.416 e. The van der Waals surface area contributed by atoms with Crippen LogP contribution in [-0.4, -0.2) is 29.0 Å². The fourth-order valence-electron chi connectivity index (χ4n) is 5.47. The zero-order valence-corrected chi connectivity index (χ0v) is 23.0. The van der Waals surface area contributed by atoms with Gasteiger partial charge in [-0.1, -0.05) is 0 Å². The van der Waals surface area contributed by atoms with E-state index in [4.69, 9.17) is 4.74 Å². The van der Waals surface area contributed by atoms with Gasteiger partial charge in [-0.2, -0.15) is 57.8 Å². The lowest BCUT2D eigenvalue weighted by Crippen LogP contribution is -2.50. The van der Waals surface area contributed by atoms with E-state index in [1.165, 1.54) is 31.4 Å². The van der Waals surface area contributed by atoms with Crippen molar-refractivity contribution in [2.45, 2.75) is 49.2 Å². The van der Waals surface area contributed by atoms with Gasteiger partial charge in [0.25, 0.3) is 0 Å². The highest BCUT2D eigenvalue weighted by Gasteiger charge is 2.56. The Labute approximate surface area is 252 Å². The van der Waals surface area contributed by atoms with Gasteiger partial charge in [-0.25, -0.2) is 5.01 Å². The van der Waals surface area contributed by atoms with Gasteiger partial charge in [0, 0.05) is 17.5 Å². The van der Waals surface area contributed by atoms with E-state index in [1.54, 1.807) is 0 Å². The van der Waals surface area contributed by atoms with Crippen molar-refractivity contribution in [1.82, 2.24) is 4.90 Å². The average Bonchev–Trinajstić information content (AvgIpc) is 3.56. The molecule has 5 nitrogen and oxygen atoms in total. The maximum absolute atomic E-state index is 14.4. The predicted molar refractivity (Wildman–Crippen MR) is 137 cm³/mol. The molecule has 2 aliphatic rings. The van der Waals surface area contributed by atoms with Crippen LogP contribution in [0.5, 0.6) is 5.75 Å². The minimum Gasteiger partial charge on any atom is -0.497 e. The van der Waals surface area contributed by atoms with Crippen LogP contribution in [0.1, 0.15) is 46.2 Å². The SMILES string of the molecule is COc1ccc(N2[C]N3C(=N2)CC[C@H]3C(O)(c2cc(C(F)(F)F)ccc2C(F)(F)F)c2cc(C(F)(F)F)ccc2C(F)(F)F)cc1. The van der Waals surface area contributed by atoms with Crippen LogP contribution in [0.3, 0.4) is 0 Å². The number of alkyl halides is 12. The number of amidine groups is 1. The van der Waals surface area contributed by atoms with Crippen molar-refractivity contribution in [3.8, 4) is 5.75 Å². The van der Waals surface area contributed by atoms with Crippen molar-refractivity contribution in [2.75, 3.05) is 12.1 Å². The Kier molecular flexibility index (Phi) is 7.93. The molecule has 1 fully saturated rings. The van der Waals surface area contributed by atoms with Crippen LogP contribution < -0.4 is 9.75 Å². The number of hydrogen-bond donors (Lipinski definition) is 1. The van der Waals surface area contributed by atoms with E-state index < -0.39 is 76.1 Å². The molecule has 0 amide bonds. The molecule has 0 aliphatic carbocycles. The van der Waals surface area contributed by atoms with E-state index in [9.17, 15) is 57.8 Å². The molecule has 3 aromatic carbocycles. The second-order valence-corrected chi connectivity index (χ2v) is 10.3. The molecule has 1 atom stereocenters. The maximum atomic E-state index is 14.4. The number of nitrogens with zero attached hydrogens (tertiary/aromatic N) is 3. The highest BCUT2D eigenvalue weighted by atomic mass is 19.4. The smallest absolute Gasteiger partial charge is 0.416 e. The molecule has 246 valence electrons. The molecule has 0 saturated carbocycles. The standard InChI is InChI=1S/C29H19F12N3O2/c1-46-18-6-4-17(5-7-18)44-14-43-23(10-11-24(43)42-44)25(45,21-12-15(26(30,31)32)2-8-19(21)28(36,37)38)22-13-16(27(33,34)35)3-9-20(22)29(39,40)41/h2-9,12-13,23,45H,10-11H2,1H3/t23-/m0/s1. The quantitative estimate of drug-likeness (QED) is 0.278. The van der Waals surface area contributed by atoms with Crippen LogP contribution >= 0.6 is 0 Å². The second-order valence-electron chi connectivity index (χ2n) is 10.3. The molecule has 2 radical (unpaired) electrons. The zero-order chi connectivity index (χ0) is 34.0. The topological polar surface area (TPSA) is 48.3 Å². The molecule has 0 spiro atoms. The largest absolute Gasteiger partial charge is 0.497 e. The molecule has 1 saturated heterocycles. The number of rotatable bonds is 5. The van der Waals surface area contributed by atoms with Crippen molar-refractivity contribution >= 4 is 11.5 Å². The first-order valence-corrected chi connectivity index (χ1v) is 13.0. The summed E-state index contributed by atoms with van der Waals surface area (Å²) in [6.45, 7) is 2.56. The van der Waals surface area contributed by atoms with Gasteiger partial charge in [0.15, 0.2) is 0 Å². The van der Waals surface area contributed by atoms with E-state index >= 15 is 0 Å². The highest BCUT2D eigenvalue weighted by Crippen LogP contribution is 2.52. The van der Waals surface area contributed by atoms with E-state index in [1.807, 2.05) is 0 Å². The molecule has 3 aromatic rings. The third-order valence-electron chi connectivity index (χ3n) is 7.57. The average molecular weight is 669 g/mol. The number of aliphatic hydroxyl groups is 1. The number of methoxy groups -OCH3 is 1. The van der Waals surface area contributed by atoms with Gasteiger partial charge < -0.3 is 14.7 Å². The summed E-state index contributed by atoms with van der Waals surface area (Å²) in [4.78, 5) is 0.824. The van der Waals surface area contributed by atoms with Crippen LogP contribution in [0.4, 0.5) is 58.4 Å². The normalized spacial score (nSPS) is 17.8. The van der Waals surface area contributed by atoms with Gasteiger partial charge in [-0.3, -0.25) is 0 Å². The van der Waals surface area contributed by atoms with Gasteiger partial charge in [-0.05, 0) is 67.1 Å². The van der Waals surface area contributed by atoms with Crippen LogP contribution in [0.15, 0.2) is 65.8 Å². The van der Waals surface area contributed by atoms with Crippen molar-refractivity contribution < 1.29 is 62.5 Å². The molecule has 46 heavy (non-hydrogen) atoms. The third kappa shape index (κ3) is 5.91. The number of ether oxygens (including phenoxy) is 1. The number of halogens is 12. The predicted octanol–water partition coefficient (Wildman–Crippen LogP) is 8.30. The Morgan fingerprint density at radius 3 is 1.59 bits per heavy atom. The van der Waals surface area contributed by atoms with E-state index in [0.717, 1.165) is 9.91 Å². The summed E-state index contributed by atoms with van der Waals surface area (Å²) >= 11 is 0. The fraction of sp³-hybridized carbons (Fsp3) is 0.310. The first kappa shape index (κ1) is 33.2. The summed E-state index contributed by atoms with van der Waals surface area (Å²) in [6.07, 6.45) is -22.7. The van der Waals surface area contributed by atoms with Crippen LogP contribution in [-0.2, 0) is 30.3 Å². The Morgan fingerprint density at radius 2 is 1.17 bits per heavy atom. The number of fused-ring (bicyclic) bond motifs is 1. The zero-order valence-electron chi connectivity index (χ0n) is 23.0. The molecule has 0 unspecified atom stereocenters. The van der Waals surface area contributed by atoms with Crippen molar-refractivity contribution in [3.05, 3.63) is 101 Å². The first-order chi connectivity index (χ1) is 21.2. The Balaban J connectivity index is 1.79. The molecule has 5 rings (SSSR count). The lowest BCUT2D eigenvalue weighted by Gasteiger charge is -2.41. The Bertz CT molecular complexity index is 1570.